The predicted molar refractivity (Wildman–Crippen MR) is 411 cm³/mol. The highest BCUT2D eigenvalue weighted by atomic mass is 14.3. The van der Waals surface area contributed by atoms with E-state index < -0.39 is 0 Å². The van der Waals surface area contributed by atoms with Gasteiger partial charge in [-0.2, -0.15) is 0 Å². The van der Waals surface area contributed by atoms with Gasteiger partial charge in [0.25, 0.3) is 0 Å². The van der Waals surface area contributed by atoms with Crippen LogP contribution in [-0.4, -0.2) is 0 Å². The van der Waals surface area contributed by atoms with Gasteiger partial charge in [0.1, 0.15) is 0 Å². The minimum Gasteiger partial charge on any atom is -0.0613 e. The van der Waals surface area contributed by atoms with E-state index >= 15 is 0 Å². The highest BCUT2D eigenvalue weighted by Gasteiger charge is 2.22. The third-order valence-corrected chi connectivity index (χ3v) is 21.7. The summed E-state index contributed by atoms with van der Waals surface area (Å²) >= 11 is 0. The summed E-state index contributed by atoms with van der Waals surface area (Å²) in [5.41, 5.74) is 48.4. The fourth-order valence-electron chi connectivity index (χ4n) is 14.5. The molecule has 0 atom stereocenters. The third kappa shape index (κ3) is 15.2. The first kappa shape index (κ1) is 71.9. The maximum atomic E-state index is 2.37. The van der Waals surface area contributed by atoms with Crippen LogP contribution < -0.4 is 0 Å². The van der Waals surface area contributed by atoms with E-state index in [4.69, 9.17) is 0 Å². The fraction of sp³-hybridized carbons (Fsp3) is 0.370. The molecule has 0 N–H and O–H groups in total. The molecule has 0 fully saturated rings. The Bertz CT molecular complexity index is 4010. The van der Waals surface area contributed by atoms with Gasteiger partial charge in [-0.05, 0) is 367 Å². The van der Waals surface area contributed by atoms with Gasteiger partial charge in [0, 0.05) is 0 Å². The molecule has 10 aromatic carbocycles. The second-order valence-corrected chi connectivity index (χ2v) is 26.3. The Kier molecular flexibility index (Phi) is 25.3. The Morgan fingerprint density at radius 1 is 0.174 bits per heavy atom. The zero-order valence-corrected chi connectivity index (χ0v) is 61.8. The molecule has 92 heavy (non-hydrogen) atoms. The molecule has 0 heterocycles. The van der Waals surface area contributed by atoms with Crippen molar-refractivity contribution >= 4 is 10.8 Å². The van der Waals surface area contributed by atoms with Crippen molar-refractivity contribution in [2.24, 2.45) is 0 Å². The molecule has 0 saturated carbocycles. The van der Waals surface area contributed by atoms with E-state index in [9.17, 15) is 0 Å². The first-order valence-electron chi connectivity index (χ1n) is 35.4. The lowest BCUT2D eigenvalue weighted by molar-refractivity contribution is 1.03. The van der Waals surface area contributed by atoms with E-state index in [2.05, 4.69) is 300 Å². The van der Waals surface area contributed by atoms with E-state index in [1.807, 2.05) is 0 Å². The highest BCUT2D eigenvalue weighted by Crippen LogP contribution is 2.43. The van der Waals surface area contributed by atoms with Gasteiger partial charge in [0.15, 0.2) is 0 Å². The quantitative estimate of drug-likeness (QED) is 0.0960. The van der Waals surface area contributed by atoms with Crippen molar-refractivity contribution in [3.63, 3.8) is 0 Å². The first-order chi connectivity index (χ1) is 44.0. The van der Waals surface area contributed by atoms with E-state index in [1.165, 1.54) is 200 Å². The van der Waals surface area contributed by atoms with Crippen LogP contribution in [0.5, 0.6) is 0 Å². The maximum Gasteiger partial charge on any atom is -0.0117 e. The topological polar surface area (TPSA) is 0 Å². The van der Waals surface area contributed by atoms with Crippen LogP contribution in [0.4, 0.5) is 0 Å². The summed E-state index contributed by atoms with van der Waals surface area (Å²) in [6, 6.07) is 50.6. The van der Waals surface area contributed by atoms with Crippen LogP contribution in [0, 0.1) is 96.9 Å². The van der Waals surface area contributed by atoms with E-state index in [1.54, 1.807) is 0 Å². The van der Waals surface area contributed by atoms with Crippen LogP contribution in [-0.2, 0) is 64.2 Å². The van der Waals surface area contributed by atoms with Crippen LogP contribution >= 0.6 is 0 Å². The highest BCUT2D eigenvalue weighted by molar-refractivity contribution is 5.89. The third-order valence-electron chi connectivity index (χ3n) is 21.7. The summed E-state index contributed by atoms with van der Waals surface area (Å²) in [4.78, 5) is 0. The predicted octanol–water partition coefficient (Wildman–Crippen LogP) is 26.2. The molecule has 0 aromatic heterocycles. The van der Waals surface area contributed by atoms with Crippen molar-refractivity contribution in [2.45, 2.75) is 230 Å². The monoisotopic (exact) mass is 1220 g/mol. The lowest BCUT2D eigenvalue weighted by Gasteiger charge is -2.24. The molecule has 0 saturated heterocycles. The second-order valence-electron chi connectivity index (χ2n) is 26.3. The van der Waals surface area contributed by atoms with Gasteiger partial charge in [-0.3, -0.25) is 0 Å². The number of aryl methyl sites for hydroxylation is 10. The Labute approximate surface area is 560 Å². The van der Waals surface area contributed by atoms with Crippen molar-refractivity contribution in [3.8, 4) is 55.6 Å². The van der Waals surface area contributed by atoms with Gasteiger partial charge < -0.3 is 0 Å². The smallest absolute Gasteiger partial charge is 0.0117 e. The molecular weight excluding hydrogens is 1110 g/mol. The Morgan fingerprint density at radius 3 is 0.761 bits per heavy atom. The molecule has 0 heteroatoms. The molecule has 10 aromatic rings. The van der Waals surface area contributed by atoms with Crippen molar-refractivity contribution in [3.05, 3.63) is 267 Å². The normalized spacial score (nSPS) is 11.0. The molecule has 0 spiro atoms. The Hall–Kier alpha value is -7.54. The zero-order chi connectivity index (χ0) is 67.4. The number of fused-ring (bicyclic) bond motifs is 1. The second kappa shape index (κ2) is 32.3. The van der Waals surface area contributed by atoms with Crippen LogP contribution in [0.15, 0.2) is 133 Å². The average Bonchev–Trinajstić information content (AvgIpc) is 0.770. The van der Waals surface area contributed by atoms with Crippen LogP contribution in [0.1, 0.15) is 203 Å². The molecule has 0 aliphatic carbocycles. The fourth-order valence-corrected chi connectivity index (χ4v) is 14.5. The van der Waals surface area contributed by atoms with Gasteiger partial charge >= 0.3 is 0 Å². The van der Waals surface area contributed by atoms with Gasteiger partial charge in [0.05, 0.1) is 0 Å². The summed E-state index contributed by atoms with van der Waals surface area (Å²) < 4.78 is 0. The molecule has 0 aliphatic rings. The molecule has 10 rings (SSSR count). The Balaban J connectivity index is 0.000000177. The molecule has 0 aliphatic heterocycles. The van der Waals surface area contributed by atoms with E-state index in [-0.39, 0.29) is 0 Å². The summed E-state index contributed by atoms with van der Waals surface area (Å²) in [5.74, 6) is 0. The van der Waals surface area contributed by atoms with E-state index in [0.29, 0.717) is 0 Å². The van der Waals surface area contributed by atoms with Crippen LogP contribution in [0.2, 0.25) is 0 Å². The molecule has 0 unspecified atom stereocenters. The largest absolute Gasteiger partial charge is 0.0613 e. The molecule has 482 valence electrons. The number of hydrogen-bond acceptors (Lipinski definition) is 0. The lowest BCUT2D eigenvalue weighted by Crippen LogP contribution is -2.04. The summed E-state index contributed by atoms with van der Waals surface area (Å²) in [6.07, 6.45) is 11.1. The Morgan fingerprint density at radius 2 is 0.435 bits per heavy atom. The van der Waals surface area contributed by atoms with Crippen molar-refractivity contribution in [2.75, 3.05) is 0 Å². The minimum atomic E-state index is 1.09. The lowest BCUT2D eigenvalue weighted by atomic mass is 9.80. The number of hydrogen-bond donors (Lipinski definition) is 0. The van der Waals surface area contributed by atoms with Gasteiger partial charge in [-0.25, -0.2) is 0 Å². The van der Waals surface area contributed by atoms with Crippen molar-refractivity contribution < 1.29 is 0 Å². The van der Waals surface area contributed by atoms with Gasteiger partial charge in [-0.15, -0.1) is 0 Å². The molecule has 0 bridgehead atoms. The number of benzene rings is 10. The molecule has 0 radical (unpaired) electrons. The average molecular weight is 1220 g/mol. The molecule has 0 nitrogen and oxygen atoms in total. The van der Waals surface area contributed by atoms with Crippen molar-refractivity contribution in [1.82, 2.24) is 0 Å². The maximum absolute atomic E-state index is 2.37. The zero-order valence-electron chi connectivity index (χ0n) is 61.8. The SMILES string of the molecule is CCc1ccc(-c2c(C)c(C)c(-c3ccc(CC)c(C)c3C)c(C)c2C)c(C)c1C.CCc1ccc(-c2ccc(CC)c(C)c2C)c(C)c1C.CCc1ccc(-c2ccc(CC)c(CC)c2)cc1CC.CCc1ccc2cc(-c3ccc(CC)c(C)c3C)ccc2c1. The number of rotatable bonds is 15. The summed E-state index contributed by atoms with van der Waals surface area (Å²) in [5, 5.41) is 2.66. The summed E-state index contributed by atoms with van der Waals surface area (Å²) in [7, 11) is 0. The van der Waals surface area contributed by atoms with Crippen molar-refractivity contribution in [1.29, 1.82) is 0 Å². The van der Waals surface area contributed by atoms with E-state index in [0.717, 1.165) is 64.2 Å². The molecule has 0 amide bonds. The first-order valence-corrected chi connectivity index (χ1v) is 35.4. The van der Waals surface area contributed by atoms with Crippen LogP contribution in [0.3, 0.4) is 0 Å². The van der Waals surface area contributed by atoms with Gasteiger partial charge in [-0.1, -0.05) is 197 Å². The summed E-state index contributed by atoms with van der Waals surface area (Å²) in [6.45, 7) is 54.2. The standard InChI is InChI=1S/C30H38.C22H24.2C20H26/c1-11-25-13-15-27(19(5)17(25)3)29-21(7)23(9)30(24(10)22(29)8)28-16-14-26(12-2)18(4)20(28)6;1-5-17-7-8-20-14-21(10-9-19(20)13-17)22-12-11-18(6-2)15(3)16(22)4;1-7-17-9-11-19(15(5)13(17)3)20-12-10-18(8-2)14(4)16(20)6;1-5-15-9-11-19(13-17(15)7-3)20-12-10-16(6-2)18(8-4)14-20/h13-16H,11-12H2,1-10H3;7-14H,5-6H2,1-4H3;9-12H,7-8H2,1-6H3;9-14H,5-8H2,1-4H3. The minimum absolute atomic E-state index is 1.09. The van der Waals surface area contributed by atoms with Gasteiger partial charge in [0.2, 0.25) is 0 Å². The van der Waals surface area contributed by atoms with Crippen LogP contribution in [0.25, 0.3) is 66.4 Å². The molecular formula is C92H114.